The Balaban J connectivity index is 0.00000225. The number of amides is 1. The van der Waals surface area contributed by atoms with E-state index in [9.17, 15) is 4.79 Å². The zero-order chi connectivity index (χ0) is 11.4. The van der Waals surface area contributed by atoms with Gasteiger partial charge in [0.2, 0.25) is 5.91 Å². The van der Waals surface area contributed by atoms with Crippen LogP contribution in [0.4, 0.5) is 11.4 Å². The maximum absolute atomic E-state index is 11.4. The number of hydrogen-bond donors (Lipinski definition) is 2. The van der Waals surface area contributed by atoms with Gasteiger partial charge in [0, 0.05) is 10.9 Å². The Kier molecular flexibility index (Phi) is 6.45. The van der Waals surface area contributed by atoms with E-state index in [1.807, 2.05) is 26.0 Å². The zero-order valence-electron chi connectivity index (χ0n) is 9.34. The number of nitrogen functional groups attached to an aromatic ring is 1. The van der Waals surface area contributed by atoms with Crippen molar-refractivity contribution in [2.75, 3.05) is 11.1 Å². The van der Waals surface area contributed by atoms with Crippen molar-refractivity contribution in [3.05, 3.63) is 22.2 Å². The van der Waals surface area contributed by atoms with Gasteiger partial charge in [0.25, 0.3) is 0 Å². The summed E-state index contributed by atoms with van der Waals surface area (Å²) in [7, 11) is 0. The van der Waals surface area contributed by atoms with Crippen molar-refractivity contribution in [3.8, 4) is 0 Å². The van der Waals surface area contributed by atoms with E-state index in [-0.39, 0.29) is 18.3 Å². The van der Waals surface area contributed by atoms with Gasteiger partial charge < -0.3 is 11.1 Å². The predicted octanol–water partition coefficient (Wildman–Crippen LogP) is 3.50. The number of hydrogen-bond acceptors (Lipinski definition) is 2. The SMILES string of the molecule is CCCC(=O)Nc1cc(Br)cc(C)c1N.Cl. The standard InChI is InChI=1S/C11H15BrN2O.ClH/c1-3-4-10(15)14-9-6-8(12)5-7(2)11(9)13;/h5-6H,3-4,13H2,1-2H3,(H,14,15);1H. The van der Waals surface area contributed by atoms with Crippen LogP contribution in [0.1, 0.15) is 25.3 Å². The maximum atomic E-state index is 11.4. The topological polar surface area (TPSA) is 55.1 Å². The fourth-order valence-electron chi connectivity index (χ4n) is 1.30. The molecule has 0 aromatic heterocycles. The average molecular weight is 308 g/mol. The summed E-state index contributed by atoms with van der Waals surface area (Å²) in [6, 6.07) is 3.74. The van der Waals surface area contributed by atoms with Crippen molar-refractivity contribution in [1.82, 2.24) is 0 Å². The number of aryl methyl sites for hydroxylation is 1. The summed E-state index contributed by atoms with van der Waals surface area (Å²) in [5, 5.41) is 2.80. The zero-order valence-corrected chi connectivity index (χ0v) is 11.7. The first-order chi connectivity index (χ1) is 7.04. The Morgan fingerprint density at radius 3 is 2.69 bits per heavy atom. The van der Waals surface area contributed by atoms with Crippen molar-refractivity contribution in [1.29, 1.82) is 0 Å². The molecule has 0 aliphatic heterocycles. The number of nitrogens with two attached hydrogens (primary N) is 1. The molecule has 0 bridgehead atoms. The molecule has 0 heterocycles. The molecular weight excluding hydrogens is 291 g/mol. The normalized spacial score (nSPS) is 9.44. The Morgan fingerprint density at radius 1 is 1.50 bits per heavy atom. The fourth-order valence-corrected chi connectivity index (χ4v) is 1.87. The van der Waals surface area contributed by atoms with Crippen molar-refractivity contribution in [2.24, 2.45) is 0 Å². The number of benzene rings is 1. The third-order valence-electron chi connectivity index (χ3n) is 2.10. The molecule has 0 fully saturated rings. The molecule has 3 N–H and O–H groups in total. The first-order valence-corrected chi connectivity index (χ1v) is 5.69. The lowest BCUT2D eigenvalue weighted by Gasteiger charge is -2.10. The van der Waals surface area contributed by atoms with E-state index >= 15 is 0 Å². The highest BCUT2D eigenvalue weighted by Gasteiger charge is 2.07. The molecule has 16 heavy (non-hydrogen) atoms. The lowest BCUT2D eigenvalue weighted by atomic mass is 10.1. The third-order valence-corrected chi connectivity index (χ3v) is 2.56. The molecule has 3 nitrogen and oxygen atoms in total. The highest BCUT2D eigenvalue weighted by atomic mass is 79.9. The first kappa shape index (κ1) is 15.3. The number of rotatable bonds is 3. The van der Waals surface area contributed by atoms with Crippen LogP contribution in [0.15, 0.2) is 16.6 Å². The van der Waals surface area contributed by atoms with E-state index in [4.69, 9.17) is 5.73 Å². The molecule has 0 saturated heterocycles. The van der Waals surface area contributed by atoms with Crippen molar-refractivity contribution >= 4 is 45.6 Å². The van der Waals surface area contributed by atoms with E-state index < -0.39 is 0 Å². The van der Waals surface area contributed by atoms with Crippen LogP contribution in [0.3, 0.4) is 0 Å². The summed E-state index contributed by atoms with van der Waals surface area (Å²) < 4.78 is 0.918. The van der Waals surface area contributed by atoms with Gasteiger partial charge >= 0.3 is 0 Å². The van der Waals surface area contributed by atoms with Gasteiger partial charge in [-0.25, -0.2) is 0 Å². The average Bonchev–Trinajstić information content (AvgIpc) is 2.13. The summed E-state index contributed by atoms with van der Waals surface area (Å²) in [6.07, 6.45) is 1.35. The smallest absolute Gasteiger partial charge is 0.224 e. The molecule has 0 atom stereocenters. The Bertz CT molecular complexity index is 382. The molecule has 0 spiro atoms. The second kappa shape index (κ2) is 6.76. The Morgan fingerprint density at radius 2 is 2.12 bits per heavy atom. The second-order valence-corrected chi connectivity index (χ2v) is 4.40. The van der Waals surface area contributed by atoms with Crippen LogP contribution >= 0.6 is 28.3 Å². The Labute approximate surface area is 110 Å². The molecule has 0 unspecified atom stereocenters. The minimum atomic E-state index is 0. The summed E-state index contributed by atoms with van der Waals surface area (Å²) in [4.78, 5) is 11.4. The van der Waals surface area contributed by atoms with Crippen LogP contribution in [0.25, 0.3) is 0 Å². The molecule has 5 heteroatoms. The minimum absolute atomic E-state index is 0. The van der Waals surface area contributed by atoms with E-state index in [0.29, 0.717) is 17.8 Å². The van der Waals surface area contributed by atoms with Crippen LogP contribution < -0.4 is 11.1 Å². The Hall–Kier alpha value is -0.740. The molecule has 0 radical (unpaired) electrons. The molecule has 0 aliphatic carbocycles. The second-order valence-electron chi connectivity index (χ2n) is 3.48. The molecule has 90 valence electrons. The highest BCUT2D eigenvalue weighted by molar-refractivity contribution is 9.10. The molecule has 1 rings (SSSR count). The third kappa shape index (κ3) is 4.02. The van der Waals surface area contributed by atoms with E-state index in [0.717, 1.165) is 16.5 Å². The fraction of sp³-hybridized carbons (Fsp3) is 0.364. The number of halogens is 2. The van der Waals surface area contributed by atoms with Crippen molar-refractivity contribution in [2.45, 2.75) is 26.7 Å². The summed E-state index contributed by atoms with van der Waals surface area (Å²) in [5.74, 6) is 0.00157. The predicted molar refractivity (Wildman–Crippen MR) is 74.1 cm³/mol. The molecule has 1 aromatic carbocycles. The van der Waals surface area contributed by atoms with Crippen LogP contribution in [0.2, 0.25) is 0 Å². The molecule has 0 saturated carbocycles. The van der Waals surface area contributed by atoms with Gasteiger partial charge in [-0.2, -0.15) is 0 Å². The van der Waals surface area contributed by atoms with Crippen LogP contribution in [0.5, 0.6) is 0 Å². The van der Waals surface area contributed by atoms with Gasteiger partial charge in [0.15, 0.2) is 0 Å². The van der Waals surface area contributed by atoms with E-state index in [2.05, 4.69) is 21.2 Å². The first-order valence-electron chi connectivity index (χ1n) is 4.90. The molecule has 1 aromatic rings. The van der Waals surface area contributed by atoms with Crippen LogP contribution in [0, 0.1) is 6.92 Å². The number of carbonyl (C=O) groups excluding carboxylic acids is 1. The lowest BCUT2D eigenvalue weighted by molar-refractivity contribution is -0.116. The van der Waals surface area contributed by atoms with Gasteiger partial charge in [-0.1, -0.05) is 22.9 Å². The summed E-state index contributed by atoms with van der Waals surface area (Å²) in [6.45, 7) is 3.88. The number of carbonyl (C=O) groups is 1. The van der Waals surface area contributed by atoms with Gasteiger partial charge in [-0.15, -0.1) is 12.4 Å². The van der Waals surface area contributed by atoms with Gasteiger partial charge in [0.05, 0.1) is 11.4 Å². The molecule has 0 aliphatic rings. The summed E-state index contributed by atoms with van der Waals surface area (Å²) >= 11 is 3.37. The van der Waals surface area contributed by atoms with Crippen LogP contribution in [-0.2, 0) is 4.79 Å². The minimum Gasteiger partial charge on any atom is -0.397 e. The van der Waals surface area contributed by atoms with Crippen molar-refractivity contribution < 1.29 is 4.79 Å². The largest absolute Gasteiger partial charge is 0.397 e. The van der Waals surface area contributed by atoms with Gasteiger partial charge in [-0.3, -0.25) is 4.79 Å². The molecular formula is C11H16BrClN2O. The molecule has 1 amide bonds. The number of nitrogens with one attached hydrogen (secondary N) is 1. The highest BCUT2D eigenvalue weighted by Crippen LogP contribution is 2.27. The monoisotopic (exact) mass is 306 g/mol. The van der Waals surface area contributed by atoms with E-state index in [1.54, 1.807) is 0 Å². The van der Waals surface area contributed by atoms with Crippen LogP contribution in [-0.4, -0.2) is 5.91 Å². The maximum Gasteiger partial charge on any atom is 0.224 e. The summed E-state index contributed by atoms with van der Waals surface area (Å²) in [5.41, 5.74) is 8.12. The van der Waals surface area contributed by atoms with Gasteiger partial charge in [0.1, 0.15) is 0 Å². The number of anilines is 2. The van der Waals surface area contributed by atoms with Gasteiger partial charge in [-0.05, 0) is 31.0 Å². The van der Waals surface area contributed by atoms with Crippen molar-refractivity contribution in [3.63, 3.8) is 0 Å². The lowest BCUT2D eigenvalue weighted by Crippen LogP contribution is -2.12. The quantitative estimate of drug-likeness (QED) is 0.840. The van der Waals surface area contributed by atoms with E-state index in [1.165, 1.54) is 0 Å².